The Morgan fingerprint density at radius 1 is 1.12 bits per heavy atom. The molecule has 0 amide bonds. The maximum absolute atomic E-state index is 9.02. The minimum absolute atomic E-state index is 0.0268. The lowest BCUT2D eigenvalue weighted by molar-refractivity contribution is 1.17. The highest BCUT2D eigenvalue weighted by atomic mass is 35.5. The van der Waals surface area contributed by atoms with Crippen LogP contribution in [0, 0.1) is 11.3 Å². The summed E-state index contributed by atoms with van der Waals surface area (Å²) in [5.74, 6) is 0.0268. The summed E-state index contributed by atoms with van der Waals surface area (Å²) < 4.78 is 0. The zero-order valence-corrected chi connectivity index (χ0v) is 10.00. The molecule has 0 atom stereocenters. The van der Waals surface area contributed by atoms with Gasteiger partial charge in [0.15, 0.2) is 5.15 Å². The van der Waals surface area contributed by atoms with Crippen LogP contribution in [0.2, 0.25) is 10.2 Å². The first kappa shape index (κ1) is 11.6. The molecule has 0 unspecified atom stereocenters. The lowest BCUT2D eigenvalue weighted by Crippen LogP contribution is -2.00. The molecule has 0 fully saturated rings. The van der Waals surface area contributed by atoms with Crippen molar-refractivity contribution in [1.29, 1.82) is 5.26 Å². The summed E-state index contributed by atoms with van der Waals surface area (Å²) in [4.78, 5) is 7.75. The Morgan fingerprint density at radius 3 is 2.35 bits per heavy atom. The molecule has 4 nitrogen and oxygen atoms in total. The summed E-state index contributed by atoms with van der Waals surface area (Å²) in [6, 6.07) is 8.83. The maximum Gasteiger partial charge on any atom is 0.222 e. The second kappa shape index (κ2) is 4.58. The second-order valence-electron chi connectivity index (χ2n) is 3.21. The topological polar surface area (TPSA) is 75.6 Å². The smallest absolute Gasteiger partial charge is 0.222 e. The van der Waals surface area contributed by atoms with Gasteiger partial charge in [-0.25, -0.2) is 4.98 Å². The van der Waals surface area contributed by atoms with Crippen molar-refractivity contribution in [3.05, 3.63) is 40.0 Å². The third-order valence-electron chi connectivity index (χ3n) is 2.11. The fourth-order valence-electron chi connectivity index (χ4n) is 1.37. The molecular formula is C11H6Cl2N4. The number of hydrogen-bond acceptors (Lipinski definition) is 4. The van der Waals surface area contributed by atoms with Gasteiger partial charge < -0.3 is 5.73 Å². The van der Waals surface area contributed by atoms with Crippen molar-refractivity contribution in [3.8, 4) is 17.3 Å². The van der Waals surface area contributed by atoms with E-state index in [2.05, 4.69) is 9.97 Å². The molecular weight excluding hydrogens is 259 g/mol. The SMILES string of the molecule is N#Cc1c(Cl)nc(N)nc1-c1ccc(Cl)cc1. The molecule has 2 N–H and O–H groups in total. The van der Waals surface area contributed by atoms with Gasteiger partial charge in [-0.2, -0.15) is 10.2 Å². The average molecular weight is 265 g/mol. The van der Waals surface area contributed by atoms with Gasteiger partial charge in [0, 0.05) is 10.6 Å². The van der Waals surface area contributed by atoms with Crippen molar-refractivity contribution in [2.75, 3.05) is 5.73 Å². The number of nitrogens with two attached hydrogens (primary N) is 1. The fraction of sp³-hybridized carbons (Fsp3) is 0. The number of aromatic nitrogens is 2. The highest BCUT2D eigenvalue weighted by Crippen LogP contribution is 2.27. The monoisotopic (exact) mass is 264 g/mol. The van der Waals surface area contributed by atoms with Crippen molar-refractivity contribution in [2.24, 2.45) is 0 Å². The highest BCUT2D eigenvalue weighted by Gasteiger charge is 2.13. The molecule has 1 aromatic heterocycles. The van der Waals surface area contributed by atoms with Gasteiger partial charge in [-0.1, -0.05) is 35.3 Å². The first-order valence-corrected chi connectivity index (χ1v) is 5.36. The zero-order chi connectivity index (χ0) is 12.4. The van der Waals surface area contributed by atoms with Crippen LogP contribution < -0.4 is 5.73 Å². The van der Waals surface area contributed by atoms with Gasteiger partial charge in [0.05, 0.1) is 5.69 Å². The van der Waals surface area contributed by atoms with Gasteiger partial charge in [0.2, 0.25) is 5.95 Å². The predicted octanol–water partition coefficient (Wildman–Crippen LogP) is 2.90. The molecule has 0 aliphatic rings. The van der Waals surface area contributed by atoms with E-state index in [0.717, 1.165) is 0 Å². The summed E-state index contributed by atoms with van der Waals surface area (Å²) in [5, 5.41) is 9.67. The number of nitriles is 1. The van der Waals surface area contributed by atoms with Crippen LogP contribution in [0.4, 0.5) is 5.95 Å². The van der Waals surface area contributed by atoms with Crippen LogP contribution >= 0.6 is 23.2 Å². The Morgan fingerprint density at radius 2 is 1.76 bits per heavy atom. The highest BCUT2D eigenvalue weighted by molar-refractivity contribution is 6.31. The van der Waals surface area contributed by atoms with Crippen LogP contribution in [0.3, 0.4) is 0 Å². The van der Waals surface area contributed by atoms with E-state index in [-0.39, 0.29) is 16.7 Å². The van der Waals surface area contributed by atoms with Gasteiger partial charge >= 0.3 is 0 Å². The van der Waals surface area contributed by atoms with Gasteiger partial charge in [-0.05, 0) is 12.1 Å². The van der Waals surface area contributed by atoms with Crippen molar-refractivity contribution in [3.63, 3.8) is 0 Å². The standard InChI is InChI=1S/C11H6Cl2N4/c12-7-3-1-6(2-4-7)9-8(5-14)10(13)17-11(15)16-9/h1-4H,(H2,15,16,17). The number of halogens is 2. The van der Waals surface area contributed by atoms with E-state index in [1.165, 1.54) is 0 Å². The Balaban J connectivity index is 2.66. The van der Waals surface area contributed by atoms with Crippen LogP contribution in [0.15, 0.2) is 24.3 Å². The lowest BCUT2D eigenvalue weighted by atomic mass is 10.1. The molecule has 1 aromatic carbocycles. The van der Waals surface area contributed by atoms with Crippen LogP contribution in [0.25, 0.3) is 11.3 Å². The number of rotatable bonds is 1. The Labute approximate surface area is 108 Å². The van der Waals surface area contributed by atoms with Crippen LogP contribution in [-0.2, 0) is 0 Å². The number of nitrogens with zero attached hydrogens (tertiary/aromatic N) is 3. The van der Waals surface area contributed by atoms with Crippen LogP contribution in [-0.4, -0.2) is 9.97 Å². The van der Waals surface area contributed by atoms with E-state index in [1.54, 1.807) is 24.3 Å². The zero-order valence-electron chi connectivity index (χ0n) is 8.48. The second-order valence-corrected chi connectivity index (χ2v) is 4.01. The van der Waals surface area contributed by atoms with Gasteiger partial charge in [0.1, 0.15) is 11.6 Å². The predicted molar refractivity (Wildman–Crippen MR) is 66.6 cm³/mol. The number of nitrogen functional groups attached to an aromatic ring is 1. The van der Waals surface area contributed by atoms with Crippen molar-refractivity contribution >= 4 is 29.2 Å². The molecule has 0 spiro atoms. The first-order valence-electron chi connectivity index (χ1n) is 4.61. The maximum atomic E-state index is 9.02. The summed E-state index contributed by atoms with van der Waals surface area (Å²) in [6.45, 7) is 0. The Bertz CT molecular complexity index is 602. The van der Waals surface area contributed by atoms with Crippen molar-refractivity contribution < 1.29 is 0 Å². The molecule has 17 heavy (non-hydrogen) atoms. The summed E-state index contributed by atoms with van der Waals surface area (Å²) in [7, 11) is 0. The van der Waals surface area contributed by atoms with Crippen molar-refractivity contribution in [2.45, 2.75) is 0 Å². The lowest BCUT2D eigenvalue weighted by Gasteiger charge is -2.05. The quantitative estimate of drug-likeness (QED) is 0.804. The minimum Gasteiger partial charge on any atom is -0.368 e. The van der Waals surface area contributed by atoms with Gasteiger partial charge in [0.25, 0.3) is 0 Å². The molecule has 6 heteroatoms. The number of hydrogen-bond donors (Lipinski definition) is 1. The van der Waals surface area contributed by atoms with Crippen LogP contribution in [0.5, 0.6) is 0 Å². The average Bonchev–Trinajstić information content (AvgIpc) is 2.29. The Hall–Kier alpha value is -1.83. The minimum atomic E-state index is 0.0268. The molecule has 0 radical (unpaired) electrons. The molecule has 0 saturated carbocycles. The summed E-state index contributed by atoms with van der Waals surface area (Å²) in [6.07, 6.45) is 0. The van der Waals surface area contributed by atoms with Gasteiger partial charge in [-0.15, -0.1) is 0 Å². The van der Waals surface area contributed by atoms with Crippen LogP contribution in [0.1, 0.15) is 5.56 Å². The third-order valence-corrected chi connectivity index (χ3v) is 2.64. The number of anilines is 1. The van der Waals surface area contributed by atoms with E-state index in [1.807, 2.05) is 6.07 Å². The van der Waals surface area contributed by atoms with E-state index in [0.29, 0.717) is 16.3 Å². The normalized spacial score (nSPS) is 9.94. The molecule has 84 valence electrons. The van der Waals surface area contributed by atoms with E-state index < -0.39 is 0 Å². The summed E-state index contributed by atoms with van der Waals surface area (Å²) >= 11 is 11.6. The van der Waals surface area contributed by atoms with E-state index >= 15 is 0 Å². The molecule has 0 bridgehead atoms. The molecule has 0 aliphatic heterocycles. The third kappa shape index (κ3) is 2.31. The first-order chi connectivity index (χ1) is 8.11. The fourth-order valence-corrected chi connectivity index (χ4v) is 1.71. The summed E-state index contributed by atoms with van der Waals surface area (Å²) in [5.41, 5.74) is 6.82. The largest absolute Gasteiger partial charge is 0.368 e. The molecule has 0 saturated heterocycles. The van der Waals surface area contributed by atoms with E-state index in [4.69, 9.17) is 34.2 Å². The molecule has 1 heterocycles. The molecule has 2 rings (SSSR count). The Kier molecular flexibility index (Phi) is 3.14. The van der Waals surface area contributed by atoms with E-state index in [9.17, 15) is 0 Å². The number of benzene rings is 1. The molecule has 2 aromatic rings. The van der Waals surface area contributed by atoms with Gasteiger partial charge in [-0.3, -0.25) is 0 Å². The van der Waals surface area contributed by atoms with Crippen molar-refractivity contribution in [1.82, 2.24) is 9.97 Å². The molecule has 0 aliphatic carbocycles.